The van der Waals surface area contributed by atoms with E-state index < -0.39 is 34.9 Å². The first-order chi connectivity index (χ1) is 10.2. The summed E-state index contributed by atoms with van der Waals surface area (Å²) in [6.45, 7) is 3.24. The molecule has 0 radical (unpaired) electrons. The maximum Gasteiger partial charge on any atom is 0.338 e. The third-order valence-corrected chi connectivity index (χ3v) is 2.66. The van der Waals surface area contributed by atoms with Crippen molar-refractivity contribution in [1.82, 2.24) is 5.32 Å². The number of carbonyl (C=O) groups excluding carboxylic acids is 3. The van der Waals surface area contributed by atoms with E-state index in [-0.39, 0.29) is 11.3 Å². The number of hydrogen-bond donors (Lipinski definition) is 2. The van der Waals surface area contributed by atoms with Crippen LogP contribution >= 0.6 is 0 Å². The fourth-order valence-corrected chi connectivity index (χ4v) is 1.59. The lowest BCUT2D eigenvalue weighted by atomic mass is 10.1. The maximum atomic E-state index is 11.9. The molecule has 0 aliphatic carbocycles. The molecule has 1 aromatic carbocycles. The Kier molecular flexibility index (Phi) is 5.56. The largest absolute Gasteiger partial charge is 0.448 e. The lowest BCUT2D eigenvalue weighted by molar-refractivity contribution is -0.384. The van der Waals surface area contributed by atoms with Crippen LogP contribution in [0.2, 0.25) is 0 Å². The maximum absolute atomic E-state index is 11.9. The van der Waals surface area contributed by atoms with Crippen LogP contribution < -0.4 is 11.1 Å². The fraction of sp³-hybridized carbons (Fsp3) is 0.308. The van der Waals surface area contributed by atoms with E-state index in [2.05, 4.69) is 0 Å². The van der Waals surface area contributed by atoms with E-state index in [4.69, 9.17) is 10.5 Å². The van der Waals surface area contributed by atoms with Crippen LogP contribution in [0.25, 0.3) is 0 Å². The molecule has 1 rings (SSSR count). The van der Waals surface area contributed by atoms with Crippen LogP contribution in [0.4, 0.5) is 10.5 Å². The summed E-state index contributed by atoms with van der Waals surface area (Å²) < 4.78 is 5.03. The molecule has 0 aliphatic heterocycles. The van der Waals surface area contributed by atoms with E-state index in [1.807, 2.05) is 5.32 Å². The predicted octanol–water partition coefficient (Wildman–Crippen LogP) is 0.971. The van der Waals surface area contributed by atoms with Crippen molar-refractivity contribution < 1.29 is 24.0 Å². The number of nitro groups is 1. The van der Waals surface area contributed by atoms with Crippen LogP contribution in [-0.2, 0) is 9.53 Å². The number of primary amides is 1. The quantitative estimate of drug-likeness (QED) is 0.471. The van der Waals surface area contributed by atoms with Gasteiger partial charge < -0.3 is 10.5 Å². The molecule has 3 amide bonds. The number of ether oxygens (including phenoxy) is 1. The van der Waals surface area contributed by atoms with Crippen molar-refractivity contribution in [1.29, 1.82) is 0 Å². The second-order valence-corrected chi connectivity index (χ2v) is 4.73. The van der Waals surface area contributed by atoms with E-state index in [9.17, 15) is 24.5 Å². The van der Waals surface area contributed by atoms with Gasteiger partial charge in [0.2, 0.25) is 0 Å². The van der Waals surface area contributed by atoms with E-state index in [0.717, 1.165) is 12.1 Å². The highest BCUT2D eigenvalue weighted by molar-refractivity contribution is 5.98. The summed E-state index contributed by atoms with van der Waals surface area (Å²) in [5.74, 6) is -2.08. The second-order valence-electron chi connectivity index (χ2n) is 4.73. The van der Waals surface area contributed by atoms with Crippen molar-refractivity contribution in [3.63, 3.8) is 0 Å². The zero-order valence-corrected chi connectivity index (χ0v) is 11.9. The highest BCUT2D eigenvalue weighted by Gasteiger charge is 2.28. The summed E-state index contributed by atoms with van der Waals surface area (Å²) in [4.78, 5) is 44.3. The van der Waals surface area contributed by atoms with Gasteiger partial charge in [0.15, 0.2) is 6.10 Å². The minimum atomic E-state index is -1.21. The third-order valence-electron chi connectivity index (χ3n) is 2.66. The zero-order chi connectivity index (χ0) is 16.9. The van der Waals surface area contributed by atoms with Crippen LogP contribution in [0.1, 0.15) is 24.2 Å². The van der Waals surface area contributed by atoms with Crippen molar-refractivity contribution in [3.05, 3.63) is 39.9 Å². The third kappa shape index (κ3) is 4.54. The molecule has 0 unspecified atom stereocenters. The Balaban J connectivity index is 2.85. The number of hydrogen-bond acceptors (Lipinski definition) is 6. The van der Waals surface area contributed by atoms with Gasteiger partial charge in [-0.3, -0.25) is 20.2 Å². The summed E-state index contributed by atoms with van der Waals surface area (Å²) in [6.07, 6.45) is -1.21. The van der Waals surface area contributed by atoms with E-state index >= 15 is 0 Å². The van der Waals surface area contributed by atoms with Crippen LogP contribution in [0.3, 0.4) is 0 Å². The number of nitrogens with two attached hydrogens (primary N) is 1. The molecule has 9 nitrogen and oxygen atoms in total. The second kappa shape index (κ2) is 7.16. The molecule has 0 aliphatic rings. The summed E-state index contributed by atoms with van der Waals surface area (Å²) >= 11 is 0. The minimum Gasteiger partial charge on any atom is -0.448 e. The van der Waals surface area contributed by atoms with Gasteiger partial charge in [0, 0.05) is 12.1 Å². The number of esters is 1. The van der Waals surface area contributed by atoms with Crippen molar-refractivity contribution in [2.75, 3.05) is 0 Å². The summed E-state index contributed by atoms with van der Waals surface area (Å²) in [5.41, 5.74) is 4.71. The highest BCUT2D eigenvalue weighted by Crippen LogP contribution is 2.15. The fourth-order valence-electron chi connectivity index (χ4n) is 1.59. The van der Waals surface area contributed by atoms with E-state index in [1.54, 1.807) is 13.8 Å². The van der Waals surface area contributed by atoms with Gasteiger partial charge in [0.1, 0.15) is 0 Å². The van der Waals surface area contributed by atoms with Gasteiger partial charge in [-0.05, 0) is 18.1 Å². The van der Waals surface area contributed by atoms with E-state index in [0.29, 0.717) is 0 Å². The van der Waals surface area contributed by atoms with Gasteiger partial charge >= 0.3 is 12.0 Å². The normalized spacial score (nSPS) is 11.6. The lowest BCUT2D eigenvalue weighted by Crippen LogP contribution is -2.45. The SMILES string of the molecule is CC(C)[C@@H](OC(=O)c1ccc([N+](=O)[O-])cc1)C(=O)NC(N)=O. The Hall–Kier alpha value is -2.97. The van der Waals surface area contributed by atoms with Crippen molar-refractivity contribution in [3.8, 4) is 0 Å². The summed E-state index contributed by atoms with van der Waals surface area (Å²) in [6, 6.07) is 3.66. The summed E-state index contributed by atoms with van der Waals surface area (Å²) in [7, 11) is 0. The number of urea groups is 1. The summed E-state index contributed by atoms with van der Waals surface area (Å²) in [5, 5.41) is 12.4. The Morgan fingerprint density at radius 1 is 1.23 bits per heavy atom. The molecule has 9 heteroatoms. The van der Waals surface area contributed by atoms with Gasteiger partial charge in [-0.25, -0.2) is 9.59 Å². The topological polar surface area (TPSA) is 142 Å². The molecule has 0 spiro atoms. The number of nitro benzene ring substituents is 1. The Morgan fingerprint density at radius 3 is 2.18 bits per heavy atom. The Labute approximate surface area is 125 Å². The number of imide groups is 1. The molecule has 1 aromatic rings. The molecule has 0 saturated carbocycles. The van der Waals surface area contributed by atoms with E-state index in [1.165, 1.54) is 12.1 Å². The standard InChI is InChI=1S/C13H15N3O6/c1-7(2)10(11(17)15-13(14)19)22-12(18)8-3-5-9(6-4-8)16(20)21/h3-7,10H,1-2H3,(H3,14,15,17,19)/t10-/m1/s1. The van der Waals surface area contributed by atoms with Gasteiger partial charge in [-0.2, -0.15) is 0 Å². The van der Waals surface area contributed by atoms with Gasteiger partial charge in [-0.15, -0.1) is 0 Å². The number of nitrogens with zero attached hydrogens (tertiary/aromatic N) is 1. The number of non-ortho nitro benzene ring substituents is 1. The first-order valence-corrected chi connectivity index (χ1v) is 6.28. The molecule has 1 atom stereocenters. The first-order valence-electron chi connectivity index (χ1n) is 6.28. The van der Waals surface area contributed by atoms with Crippen LogP contribution in [-0.4, -0.2) is 28.9 Å². The molecule has 3 N–H and O–H groups in total. The zero-order valence-electron chi connectivity index (χ0n) is 11.9. The number of carbonyl (C=O) groups is 3. The predicted molar refractivity (Wildman–Crippen MR) is 74.9 cm³/mol. The Morgan fingerprint density at radius 2 is 1.77 bits per heavy atom. The number of benzene rings is 1. The van der Waals surface area contributed by atoms with Crippen LogP contribution in [0, 0.1) is 16.0 Å². The molecular weight excluding hydrogens is 294 g/mol. The highest BCUT2D eigenvalue weighted by atomic mass is 16.6. The average molecular weight is 309 g/mol. The molecule has 118 valence electrons. The van der Waals surface area contributed by atoms with Gasteiger partial charge in [-0.1, -0.05) is 13.8 Å². The monoisotopic (exact) mass is 309 g/mol. The van der Waals surface area contributed by atoms with Crippen molar-refractivity contribution in [2.45, 2.75) is 20.0 Å². The van der Waals surface area contributed by atoms with Crippen LogP contribution in [0.15, 0.2) is 24.3 Å². The molecule has 0 fully saturated rings. The molecular formula is C13H15N3O6. The number of rotatable bonds is 5. The number of nitrogens with one attached hydrogen (secondary N) is 1. The van der Waals surface area contributed by atoms with Crippen LogP contribution in [0.5, 0.6) is 0 Å². The lowest BCUT2D eigenvalue weighted by Gasteiger charge is -2.19. The molecule has 0 bridgehead atoms. The number of amides is 3. The van der Waals surface area contributed by atoms with Crippen molar-refractivity contribution >= 4 is 23.6 Å². The minimum absolute atomic E-state index is 0.0446. The van der Waals surface area contributed by atoms with Crippen molar-refractivity contribution in [2.24, 2.45) is 11.7 Å². The molecule has 0 aromatic heterocycles. The smallest absolute Gasteiger partial charge is 0.338 e. The average Bonchev–Trinajstić information content (AvgIpc) is 2.43. The molecule has 22 heavy (non-hydrogen) atoms. The van der Waals surface area contributed by atoms with Gasteiger partial charge in [0.05, 0.1) is 10.5 Å². The molecule has 0 saturated heterocycles. The molecule has 0 heterocycles. The first kappa shape index (κ1) is 17.1. The van der Waals surface area contributed by atoms with Gasteiger partial charge in [0.25, 0.3) is 11.6 Å². The Bertz CT molecular complexity index is 596.